The molecule has 0 unspecified atom stereocenters. The summed E-state index contributed by atoms with van der Waals surface area (Å²) < 4.78 is 15.2. The van der Waals surface area contributed by atoms with Gasteiger partial charge in [0.2, 0.25) is 0 Å². The van der Waals surface area contributed by atoms with E-state index in [0.29, 0.717) is 0 Å². The molecule has 0 radical (unpaired) electrons. The van der Waals surface area contributed by atoms with Crippen molar-refractivity contribution in [1.82, 2.24) is 4.57 Å². The van der Waals surface area contributed by atoms with Gasteiger partial charge < -0.3 is 13.9 Å². The van der Waals surface area contributed by atoms with Crippen LogP contribution in [0.25, 0.3) is 32.6 Å². The Balaban J connectivity index is 1.59. The molecule has 4 aromatic carbocycles. The lowest BCUT2D eigenvalue weighted by Gasteiger charge is -2.32. The summed E-state index contributed by atoms with van der Waals surface area (Å²) in [6, 6.07) is 30.5. The molecular formula is C29H28BNO2. The van der Waals surface area contributed by atoms with Gasteiger partial charge >= 0.3 is 7.12 Å². The third-order valence-electron chi connectivity index (χ3n) is 7.49. The number of aromatic nitrogens is 1. The second-order valence-electron chi connectivity index (χ2n) is 10.1. The summed E-state index contributed by atoms with van der Waals surface area (Å²) in [4.78, 5) is 0. The molecule has 0 spiro atoms. The summed E-state index contributed by atoms with van der Waals surface area (Å²) in [5, 5.41) is 5.06. The highest BCUT2D eigenvalue weighted by Gasteiger charge is 2.51. The average Bonchev–Trinajstić information content (AvgIpc) is 3.24. The minimum atomic E-state index is -0.373. The normalized spacial score (nSPS) is 17.4. The van der Waals surface area contributed by atoms with Gasteiger partial charge in [-0.25, -0.2) is 0 Å². The van der Waals surface area contributed by atoms with Crippen molar-refractivity contribution in [2.45, 2.75) is 45.4 Å². The Labute approximate surface area is 195 Å². The molecule has 4 heteroatoms. The first-order chi connectivity index (χ1) is 15.8. The molecule has 33 heavy (non-hydrogen) atoms. The van der Waals surface area contributed by atoms with Gasteiger partial charge in [-0.3, -0.25) is 0 Å². The van der Waals surface area contributed by atoms with Crippen LogP contribution in [0.15, 0.2) is 84.9 Å². The molecule has 0 atom stereocenters. The van der Waals surface area contributed by atoms with Crippen molar-refractivity contribution >= 4 is 45.2 Å². The van der Waals surface area contributed by atoms with Crippen LogP contribution in [-0.4, -0.2) is 22.9 Å². The number of benzene rings is 4. The van der Waals surface area contributed by atoms with E-state index in [9.17, 15) is 0 Å². The number of hydrogen-bond acceptors (Lipinski definition) is 2. The van der Waals surface area contributed by atoms with E-state index in [1.165, 1.54) is 38.1 Å². The molecule has 1 fully saturated rings. The van der Waals surface area contributed by atoms with Gasteiger partial charge in [-0.2, -0.15) is 0 Å². The fraction of sp³-hybridized carbons (Fsp3) is 0.241. The van der Waals surface area contributed by atoms with Crippen molar-refractivity contribution in [2.24, 2.45) is 0 Å². The highest BCUT2D eigenvalue weighted by atomic mass is 16.7. The lowest BCUT2D eigenvalue weighted by molar-refractivity contribution is 0.00578. The maximum absolute atomic E-state index is 6.37. The minimum Gasteiger partial charge on any atom is -0.399 e. The summed E-state index contributed by atoms with van der Waals surface area (Å²) in [5.41, 5.74) is 4.11. The van der Waals surface area contributed by atoms with E-state index < -0.39 is 0 Å². The van der Waals surface area contributed by atoms with Gasteiger partial charge in [0.05, 0.1) is 16.7 Å². The third kappa shape index (κ3) is 3.20. The van der Waals surface area contributed by atoms with E-state index in [1.807, 2.05) is 0 Å². The SMILES string of the molecule is CC1(C)OB(c2ccc3c(c2)c2c4ccccc4ccc2n3Cc2ccccc2)OC1(C)C. The van der Waals surface area contributed by atoms with Gasteiger partial charge in [-0.1, -0.05) is 72.8 Å². The number of hydrogen-bond donors (Lipinski definition) is 0. The molecular weight excluding hydrogens is 405 g/mol. The number of fused-ring (bicyclic) bond motifs is 5. The van der Waals surface area contributed by atoms with Gasteiger partial charge in [-0.05, 0) is 61.6 Å². The van der Waals surface area contributed by atoms with Crippen molar-refractivity contribution < 1.29 is 9.31 Å². The summed E-state index contributed by atoms with van der Waals surface area (Å²) in [6.07, 6.45) is 0. The maximum Gasteiger partial charge on any atom is 0.494 e. The van der Waals surface area contributed by atoms with Crippen LogP contribution in [0.5, 0.6) is 0 Å². The quantitative estimate of drug-likeness (QED) is 0.312. The van der Waals surface area contributed by atoms with Crippen LogP contribution in [-0.2, 0) is 15.9 Å². The summed E-state index contributed by atoms with van der Waals surface area (Å²) in [5.74, 6) is 0. The van der Waals surface area contributed by atoms with Crippen molar-refractivity contribution in [3.63, 3.8) is 0 Å². The van der Waals surface area contributed by atoms with Crippen LogP contribution in [0.1, 0.15) is 33.3 Å². The molecule has 0 aliphatic carbocycles. The Morgan fingerprint density at radius 1 is 0.697 bits per heavy atom. The summed E-state index contributed by atoms with van der Waals surface area (Å²) in [7, 11) is -0.373. The van der Waals surface area contributed by atoms with Gasteiger partial charge in [0, 0.05) is 22.8 Å². The number of rotatable bonds is 3. The zero-order valence-electron chi connectivity index (χ0n) is 19.6. The molecule has 6 rings (SSSR count). The highest BCUT2D eigenvalue weighted by Crippen LogP contribution is 2.38. The molecule has 5 aromatic rings. The fourth-order valence-corrected chi connectivity index (χ4v) is 4.95. The van der Waals surface area contributed by atoms with Crippen molar-refractivity contribution in [2.75, 3.05) is 0 Å². The molecule has 0 bridgehead atoms. The standard InChI is InChI=1S/C29H28BNO2/c1-28(2)29(3,4)33-30(32-28)22-15-17-25-24(18-22)27-23-13-9-8-12-21(23)14-16-26(27)31(25)19-20-10-6-5-7-11-20/h5-18H,19H2,1-4H3. The lowest BCUT2D eigenvalue weighted by Crippen LogP contribution is -2.41. The molecule has 164 valence electrons. The van der Waals surface area contributed by atoms with Crippen LogP contribution < -0.4 is 5.46 Å². The smallest absolute Gasteiger partial charge is 0.399 e. The van der Waals surface area contributed by atoms with Crippen LogP contribution in [0.2, 0.25) is 0 Å². The van der Waals surface area contributed by atoms with Crippen LogP contribution >= 0.6 is 0 Å². The number of nitrogens with zero attached hydrogens (tertiary/aromatic N) is 1. The summed E-state index contributed by atoms with van der Waals surface area (Å²) >= 11 is 0. The zero-order valence-corrected chi connectivity index (χ0v) is 19.6. The van der Waals surface area contributed by atoms with E-state index in [0.717, 1.165) is 12.0 Å². The van der Waals surface area contributed by atoms with Gasteiger partial charge in [-0.15, -0.1) is 0 Å². The molecule has 1 aliphatic heterocycles. The molecule has 2 heterocycles. The van der Waals surface area contributed by atoms with E-state index in [2.05, 4.69) is 117 Å². The minimum absolute atomic E-state index is 0.360. The molecule has 1 saturated heterocycles. The van der Waals surface area contributed by atoms with Gasteiger partial charge in [0.25, 0.3) is 0 Å². The third-order valence-corrected chi connectivity index (χ3v) is 7.49. The van der Waals surface area contributed by atoms with Crippen molar-refractivity contribution in [3.05, 3.63) is 90.5 Å². The van der Waals surface area contributed by atoms with Gasteiger partial charge in [0.15, 0.2) is 0 Å². The Morgan fingerprint density at radius 2 is 1.36 bits per heavy atom. The second kappa shape index (κ2) is 7.21. The maximum atomic E-state index is 6.37. The molecule has 1 aromatic heterocycles. The lowest BCUT2D eigenvalue weighted by atomic mass is 9.78. The molecule has 0 N–H and O–H groups in total. The van der Waals surface area contributed by atoms with Crippen LogP contribution in [0, 0.1) is 0 Å². The zero-order chi connectivity index (χ0) is 22.8. The van der Waals surface area contributed by atoms with E-state index in [1.54, 1.807) is 0 Å². The molecule has 1 aliphatic rings. The van der Waals surface area contributed by atoms with E-state index >= 15 is 0 Å². The fourth-order valence-electron chi connectivity index (χ4n) is 4.95. The Hall–Kier alpha value is -3.08. The van der Waals surface area contributed by atoms with Crippen LogP contribution in [0.3, 0.4) is 0 Å². The first-order valence-electron chi connectivity index (χ1n) is 11.7. The predicted octanol–water partition coefficient (Wildman–Crippen LogP) is 6.30. The summed E-state index contributed by atoms with van der Waals surface area (Å²) in [6.45, 7) is 9.24. The topological polar surface area (TPSA) is 23.4 Å². The average molecular weight is 433 g/mol. The monoisotopic (exact) mass is 433 g/mol. The Kier molecular flexibility index (Phi) is 4.49. The van der Waals surface area contributed by atoms with Crippen molar-refractivity contribution in [3.8, 4) is 0 Å². The first kappa shape index (κ1) is 20.5. The Bertz CT molecular complexity index is 1480. The van der Waals surface area contributed by atoms with Crippen LogP contribution in [0.4, 0.5) is 0 Å². The highest BCUT2D eigenvalue weighted by molar-refractivity contribution is 6.62. The Morgan fingerprint density at radius 3 is 2.12 bits per heavy atom. The largest absolute Gasteiger partial charge is 0.494 e. The predicted molar refractivity (Wildman–Crippen MR) is 138 cm³/mol. The first-order valence-corrected chi connectivity index (χ1v) is 11.7. The van der Waals surface area contributed by atoms with Crippen molar-refractivity contribution in [1.29, 1.82) is 0 Å². The second-order valence-corrected chi connectivity index (χ2v) is 10.1. The molecule has 0 amide bonds. The molecule has 3 nitrogen and oxygen atoms in total. The van der Waals surface area contributed by atoms with E-state index in [-0.39, 0.29) is 18.3 Å². The molecule has 0 saturated carbocycles. The van der Waals surface area contributed by atoms with E-state index in [4.69, 9.17) is 9.31 Å². The van der Waals surface area contributed by atoms with Gasteiger partial charge in [0.1, 0.15) is 0 Å².